The molecule has 2 aliphatic rings. The molecule has 1 aliphatic heterocycles. The molecule has 0 unspecified atom stereocenters. The van der Waals surface area contributed by atoms with Gasteiger partial charge in [0.25, 0.3) is 5.91 Å². The molecule has 0 radical (unpaired) electrons. The minimum Gasteiger partial charge on any atom is -0.369 e. The summed E-state index contributed by atoms with van der Waals surface area (Å²) in [5.74, 6) is -0.960. The van der Waals surface area contributed by atoms with Gasteiger partial charge in [0.05, 0.1) is 5.56 Å². The Labute approximate surface area is 134 Å². The van der Waals surface area contributed by atoms with E-state index >= 15 is 0 Å². The highest BCUT2D eigenvalue weighted by molar-refractivity contribution is 6.07. The fourth-order valence-corrected chi connectivity index (χ4v) is 2.87. The highest BCUT2D eigenvalue weighted by atomic mass is 16.2. The highest BCUT2D eigenvalue weighted by Gasteiger charge is 2.55. The Morgan fingerprint density at radius 2 is 2.09 bits per heavy atom. The average molecular weight is 316 g/mol. The predicted octanol–water partition coefficient (Wildman–Crippen LogP) is -0.0138. The van der Waals surface area contributed by atoms with Crippen LogP contribution in [0.2, 0.25) is 0 Å². The topological polar surface area (TPSA) is 105 Å². The number of carbonyl (C=O) groups excluding carboxylic acids is 3. The second kappa shape index (κ2) is 5.64. The summed E-state index contributed by atoms with van der Waals surface area (Å²) in [5, 5.41) is 2.86. The van der Waals surface area contributed by atoms with Gasteiger partial charge in [0.1, 0.15) is 5.41 Å². The van der Waals surface area contributed by atoms with Crippen LogP contribution >= 0.6 is 0 Å². The van der Waals surface area contributed by atoms with Gasteiger partial charge < -0.3 is 16.0 Å². The molecule has 23 heavy (non-hydrogen) atoms. The summed E-state index contributed by atoms with van der Waals surface area (Å²) in [4.78, 5) is 41.8. The van der Waals surface area contributed by atoms with Crippen molar-refractivity contribution in [2.45, 2.75) is 32.2 Å². The second-order valence-electron chi connectivity index (χ2n) is 6.34. The molecule has 0 aromatic carbocycles. The lowest BCUT2D eigenvalue weighted by Gasteiger charge is -2.19. The van der Waals surface area contributed by atoms with Crippen molar-refractivity contribution in [2.24, 2.45) is 11.1 Å². The summed E-state index contributed by atoms with van der Waals surface area (Å²) in [6, 6.07) is 3.41. The van der Waals surface area contributed by atoms with Gasteiger partial charge in [-0.3, -0.25) is 19.4 Å². The van der Waals surface area contributed by atoms with Crippen molar-refractivity contribution in [2.75, 3.05) is 13.1 Å². The number of likely N-dealkylation sites (tertiary alicyclic amines) is 1. The molecule has 7 heteroatoms. The fourth-order valence-electron chi connectivity index (χ4n) is 2.87. The normalized spacial score (nSPS) is 21.8. The van der Waals surface area contributed by atoms with Gasteiger partial charge >= 0.3 is 0 Å². The minimum absolute atomic E-state index is 0.0923. The van der Waals surface area contributed by atoms with Gasteiger partial charge in [0.2, 0.25) is 11.8 Å². The lowest BCUT2D eigenvalue weighted by molar-refractivity contribution is -0.135. The molecule has 2 fully saturated rings. The molecule has 1 saturated heterocycles. The molecule has 2 heterocycles. The van der Waals surface area contributed by atoms with Crippen LogP contribution in [0.3, 0.4) is 0 Å². The van der Waals surface area contributed by atoms with Gasteiger partial charge in [-0.05, 0) is 38.3 Å². The number of aryl methyl sites for hydroxylation is 1. The van der Waals surface area contributed by atoms with Gasteiger partial charge in [-0.15, -0.1) is 0 Å². The van der Waals surface area contributed by atoms with Crippen molar-refractivity contribution in [3.63, 3.8) is 0 Å². The Hall–Kier alpha value is -2.44. The molecule has 1 saturated carbocycles. The van der Waals surface area contributed by atoms with Crippen molar-refractivity contribution in [1.29, 1.82) is 0 Å². The van der Waals surface area contributed by atoms with Crippen LogP contribution in [-0.2, 0) is 9.59 Å². The number of carbonyl (C=O) groups is 3. The van der Waals surface area contributed by atoms with Gasteiger partial charge in [-0.1, -0.05) is 0 Å². The van der Waals surface area contributed by atoms with E-state index in [0.717, 1.165) is 5.69 Å². The number of nitrogens with two attached hydrogens (primary N) is 1. The van der Waals surface area contributed by atoms with Crippen LogP contribution in [0.1, 0.15) is 35.3 Å². The molecule has 0 bridgehead atoms. The lowest BCUT2D eigenvalue weighted by atomic mass is 10.1. The summed E-state index contributed by atoms with van der Waals surface area (Å²) in [5.41, 5.74) is 5.68. The molecule has 3 N–H and O–H groups in total. The van der Waals surface area contributed by atoms with E-state index in [1.54, 1.807) is 23.2 Å². The Morgan fingerprint density at radius 3 is 2.65 bits per heavy atom. The Morgan fingerprint density at radius 1 is 1.35 bits per heavy atom. The van der Waals surface area contributed by atoms with Gasteiger partial charge in [-0.2, -0.15) is 0 Å². The number of hydrogen-bond donors (Lipinski definition) is 2. The van der Waals surface area contributed by atoms with Crippen LogP contribution in [0.15, 0.2) is 18.3 Å². The summed E-state index contributed by atoms with van der Waals surface area (Å²) in [6.07, 6.45) is 3.26. The number of nitrogens with one attached hydrogen (secondary N) is 1. The first-order chi connectivity index (χ1) is 10.9. The molecule has 1 aromatic rings. The van der Waals surface area contributed by atoms with Gasteiger partial charge in [0, 0.05) is 31.0 Å². The van der Waals surface area contributed by atoms with E-state index in [9.17, 15) is 14.4 Å². The maximum Gasteiger partial charge on any atom is 0.255 e. The molecule has 1 atom stereocenters. The standard InChI is InChI=1S/C16H20N4O3/c1-10-2-3-11(8-18-10)13(21)20-7-4-12(9-20)19-15(23)16(5-6-16)14(17)22/h2-3,8,12H,4-7,9H2,1H3,(H2,17,22)(H,19,23)/t12-/m1/s1. The van der Waals surface area contributed by atoms with Gasteiger partial charge in [0.15, 0.2) is 0 Å². The van der Waals surface area contributed by atoms with Crippen molar-refractivity contribution in [1.82, 2.24) is 15.2 Å². The first-order valence-electron chi connectivity index (χ1n) is 7.75. The summed E-state index contributed by atoms with van der Waals surface area (Å²) < 4.78 is 0. The summed E-state index contributed by atoms with van der Waals surface area (Å²) in [6.45, 7) is 2.87. The third-order valence-corrected chi connectivity index (χ3v) is 4.63. The molecule has 3 rings (SSSR count). The molecular weight excluding hydrogens is 296 g/mol. The van der Waals surface area contributed by atoms with Crippen LogP contribution in [0, 0.1) is 12.3 Å². The lowest BCUT2D eigenvalue weighted by Crippen LogP contribution is -2.46. The molecule has 3 amide bonds. The van der Waals surface area contributed by atoms with E-state index in [1.807, 2.05) is 6.92 Å². The van der Waals surface area contributed by atoms with E-state index in [0.29, 0.717) is 37.9 Å². The van der Waals surface area contributed by atoms with E-state index in [1.165, 1.54) is 0 Å². The van der Waals surface area contributed by atoms with Crippen molar-refractivity contribution in [3.05, 3.63) is 29.6 Å². The monoisotopic (exact) mass is 316 g/mol. The molecule has 122 valence electrons. The third-order valence-electron chi connectivity index (χ3n) is 4.63. The quantitative estimate of drug-likeness (QED) is 0.762. The molecule has 1 aromatic heterocycles. The first-order valence-corrected chi connectivity index (χ1v) is 7.75. The number of amides is 3. The number of aromatic nitrogens is 1. The third kappa shape index (κ3) is 2.91. The van der Waals surface area contributed by atoms with E-state index in [2.05, 4.69) is 10.3 Å². The largest absolute Gasteiger partial charge is 0.369 e. The Bertz CT molecular complexity index is 652. The second-order valence-corrected chi connectivity index (χ2v) is 6.34. The first kappa shape index (κ1) is 15.5. The van der Waals surface area contributed by atoms with Crippen LogP contribution < -0.4 is 11.1 Å². The maximum absolute atomic E-state index is 12.4. The van der Waals surface area contributed by atoms with Crippen molar-refractivity contribution in [3.8, 4) is 0 Å². The smallest absolute Gasteiger partial charge is 0.255 e. The number of hydrogen-bond acceptors (Lipinski definition) is 4. The zero-order valence-corrected chi connectivity index (χ0v) is 13.0. The molecule has 1 aliphatic carbocycles. The van der Waals surface area contributed by atoms with Crippen molar-refractivity contribution < 1.29 is 14.4 Å². The SMILES string of the molecule is Cc1ccc(C(=O)N2CC[C@@H](NC(=O)C3(C(N)=O)CC3)C2)cn1. The fraction of sp³-hybridized carbons (Fsp3) is 0.500. The van der Waals surface area contributed by atoms with Crippen LogP contribution in [0.25, 0.3) is 0 Å². The minimum atomic E-state index is -1.02. The van der Waals surface area contributed by atoms with Crippen LogP contribution in [0.5, 0.6) is 0 Å². The van der Waals surface area contributed by atoms with Crippen molar-refractivity contribution >= 4 is 17.7 Å². The molecular formula is C16H20N4O3. The Balaban J connectivity index is 1.58. The average Bonchev–Trinajstić information content (AvgIpc) is 3.22. The number of primary amides is 1. The zero-order valence-electron chi connectivity index (χ0n) is 13.0. The van der Waals surface area contributed by atoms with Crippen LogP contribution in [0.4, 0.5) is 0 Å². The van der Waals surface area contributed by atoms with Gasteiger partial charge in [-0.25, -0.2) is 0 Å². The number of nitrogens with zero attached hydrogens (tertiary/aromatic N) is 2. The number of rotatable bonds is 4. The summed E-state index contributed by atoms with van der Waals surface area (Å²) >= 11 is 0. The van der Waals surface area contributed by atoms with E-state index in [-0.39, 0.29) is 17.9 Å². The van der Waals surface area contributed by atoms with E-state index < -0.39 is 11.3 Å². The zero-order chi connectivity index (χ0) is 16.6. The molecule has 0 spiro atoms. The number of pyridine rings is 1. The summed E-state index contributed by atoms with van der Waals surface area (Å²) in [7, 11) is 0. The molecule has 7 nitrogen and oxygen atoms in total. The maximum atomic E-state index is 12.4. The van der Waals surface area contributed by atoms with Crippen LogP contribution in [-0.4, -0.2) is 46.7 Å². The van der Waals surface area contributed by atoms with E-state index in [4.69, 9.17) is 5.73 Å². The highest BCUT2D eigenvalue weighted by Crippen LogP contribution is 2.45. The Kier molecular flexibility index (Phi) is 3.79. The predicted molar refractivity (Wildman–Crippen MR) is 82.3 cm³/mol.